The Bertz CT molecular complexity index is 671. The third kappa shape index (κ3) is 2.63. The van der Waals surface area contributed by atoms with Crippen molar-refractivity contribution in [2.45, 2.75) is 12.8 Å². The highest BCUT2D eigenvalue weighted by atomic mass is 127. The third-order valence-electron chi connectivity index (χ3n) is 3.51. The lowest BCUT2D eigenvalue weighted by Gasteiger charge is -2.29. The van der Waals surface area contributed by atoms with Crippen molar-refractivity contribution in [3.63, 3.8) is 0 Å². The molecule has 3 rings (SSSR count). The number of carbonyl (C=O) groups excluding carboxylic acids is 1. The minimum atomic E-state index is 0.0860. The molecule has 2 aromatic carbocycles. The molecule has 0 radical (unpaired) electrons. The summed E-state index contributed by atoms with van der Waals surface area (Å²) >= 11 is 5.67. The van der Waals surface area contributed by atoms with Crippen LogP contribution in [0.4, 0.5) is 5.69 Å². The van der Waals surface area contributed by atoms with Crippen molar-refractivity contribution in [1.29, 1.82) is 0 Å². The van der Waals surface area contributed by atoms with Gasteiger partial charge in [0.25, 0.3) is 5.91 Å². The quantitative estimate of drug-likeness (QED) is 0.590. The Hall–Kier alpha value is -0.880. The molecular weight excluding hydrogens is 429 g/mol. The summed E-state index contributed by atoms with van der Waals surface area (Å²) in [5.41, 5.74) is 3.08. The number of rotatable bonds is 1. The molecule has 20 heavy (non-hydrogen) atoms. The van der Waals surface area contributed by atoms with Crippen LogP contribution in [0.2, 0.25) is 0 Å². The summed E-state index contributed by atoms with van der Waals surface area (Å²) in [6.45, 7) is 0.790. The van der Waals surface area contributed by atoms with E-state index >= 15 is 0 Å². The molecule has 1 heterocycles. The van der Waals surface area contributed by atoms with Gasteiger partial charge in [-0.1, -0.05) is 34.1 Å². The van der Waals surface area contributed by atoms with Crippen LogP contribution >= 0.6 is 38.5 Å². The van der Waals surface area contributed by atoms with Gasteiger partial charge < -0.3 is 4.90 Å². The van der Waals surface area contributed by atoms with Gasteiger partial charge in [-0.25, -0.2) is 0 Å². The highest BCUT2D eigenvalue weighted by Gasteiger charge is 2.24. The second-order valence-corrected chi connectivity index (χ2v) is 6.89. The normalized spacial score (nSPS) is 14.0. The number of para-hydroxylation sites is 1. The van der Waals surface area contributed by atoms with Gasteiger partial charge in [0.15, 0.2) is 0 Å². The largest absolute Gasteiger partial charge is 0.308 e. The van der Waals surface area contributed by atoms with Gasteiger partial charge in [-0.15, -0.1) is 0 Å². The van der Waals surface area contributed by atoms with Crippen molar-refractivity contribution in [2.24, 2.45) is 0 Å². The van der Waals surface area contributed by atoms with Crippen molar-refractivity contribution in [1.82, 2.24) is 0 Å². The maximum atomic E-state index is 12.8. The highest BCUT2D eigenvalue weighted by molar-refractivity contribution is 14.1. The van der Waals surface area contributed by atoms with Gasteiger partial charge in [-0.2, -0.15) is 0 Å². The number of nitrogens with zero attached hydrogens (tertiary/aromatic N) is 1. The van der Waals surface area contributed by atoms with Crippen LogP contribution in [0, 0.1) is 3.57 Å². The van der Waals surface area contributed by atoms with Gasteiger partial charge >= 0.3 is 0 Å². The van der Waals surface area contributed by atoms with E-state index < -0.39 is 0 Å². The zero-order valence-electron chi connectivity index (χ0n) is 10.8. The molecule has 0 spiro atoms. The molecule has 4 heteroatoms. The van der Waals surface area contributed by atoms with E-state index in [-0.39, 0.29) is 5.91 Å². The van der Waals surface area contributed by atoms with Crippen molar-refractivity contribution < 1.29 is 4.79 Å². The minimum absolute atomic E-state index is 0.0860. The molecule has 1 aliphatic rings. The molecule has 0 N–H and O–H groups in total. The lowest BCUT2D eigenvalue weighted by molar-refractivity contribution is 0.0984. The Morgan fingerprint density at radius 1 is 1.20 bits per heavy atom. The van der Waals surface area contributed by atoms with Gasteiger partial charge in [0.1, 0.15) is 0 Å². The predicted octanol–water partition coefficient (Wildman–Crippen LogP) is 4.65. The Morgan fingerprint density at radius 2 is 2.00 bits per heavy atom. The Labute approximate surface area is 140 Å². The van der Waals surface area contributed by atoms with E-state index in [1.54, 1.807) is 0 Å². The van der Waals surface area contributed by atoms with Gasteiger partial charge in [-0.05, 0) is 65.3 Å². The number of fused-ring (bicyclic) bond motifs is 1. The Balaban J connectivity index is 2.02. The van der Waals surface area contributed by atoms with Crippen molar-refractivity contribution in [2.75, 3.05) is 11.4 Å². The number of anilines is 1. The minimum Gasteiger partial charge on any atom is -0.308 e. The molecule has 0 saturated carbocycles. The maximum Gasteiger partial charge on any atom is 0.259 e. The van der Waals surface area contributed by atoms with Crippen molar-refractivity contribution >= 4 is 50.1 Å². The number of amides is 1. The number of hydrogen-bond donors (Lipinski definition) is 0. The van der Waals surface area contributed by atoms with Gasteiger partial charge in [0.2, 0.25) is 0 Å². The van der Waals surface area contributed by atoms with Gasteiger partial charge in [0, 0.05) is 20.3 Å². The Morgan fingerprint density at radius 3 is 2.85 bits per heavy atom. The van der Waals surface area contributed by atoms with E-state index in [2.05, 4.69) is 44.6 Å². The molecule has 102 valence electrons. The van der Waals surface area contributed by atoms with Gasteiger partial charge in [0.05, 0.1) is 5.56 Å². The van der Waals surface area contributed by atoms with Gasteiger partial charge in [-0.3, -0.25) is 4.79 Å². The summed E-state index contributed by atoms with van der Waals surface area (Å²) in [4.78, 5) is 14.7. The first-order chi connectivity index (χ1) is 9.66. The number of halogens is 2. The lowest BCUT2D eigenvalue weighted by atomic mass is 10.0. The van der Waals surface area contributed by atoms with E-state index in [1.807, 2.05) is 41.3 Å². The van der Waals surface area contributed by atoms with Crippen molar-refractivity contribution in [3.05, 3.63) is 61.6 Å². The molecule has 0 unspecified atom stereocenters. The zero-order chi connectivity index (χ0) is 14.1. The fourth-order valence-corrected chi connectivity index (χ4v) is 3.48. The van der Waals surface area contributed by atoms with Crippen LogP contribution in [0.25, 0.3) is 0 Å². The van der Waals surface area contributed by atoms with E-state index in [0.29, 0.717) is 0 Å². The SMILES string of the molecule is O=C(c1cc(Br)ccc1I)N1CCCc2ccccc21. The molecule has 0 fully saturated rings. The zero-order valence-corrected chi connectivity index (χ0v) is 14.5. The summed E-state index contributed by atoms with van der Waals surface area (Å²) < 4.78 is 1.92. The lowest BCUT2D eigenvalue weighted by Crippen LogP contribution is -2.35. The first-order valence-corrected chi connectivity index (χ1v) is 8.39. The van der Waals surface area contributed by atoms with Crippen LogP contribution in [0.15, 0.2) is 46.9 Å². The van der Waals surface area contributed by atoms with E-state index in [1.165, 1.54) is 5.56 Å². The fraction of sp³-hybridized carbons (Fsp3) is 0.188. The molecular formula is C16H13BrINO. The molecule has 0 atom stereocenters. The van der Waals surface area contributed by atoms with Crippen molar-refractivity contribution in [3.8, 4) is 0 Å². The molecule has 0 bridgehead atoms. The molecule has 2 aromatic rings. The van der Waals surface area contributed by atoms with Crippen LogP contribution in [-0.4, -0.2) is 12.5 Å². The predicted molar refractivity (Wildman–Crippen MR) is 93.3 cm³/mol. The summed E-state index contributed by atoms with van der Waals surface area (Å²) in [5.74, 6) is 0.0860. The molecule has 0 aliphatic carbocycles. The summed E-state index contributed by atoms with van der Waals surface area (Å²) in [7, 11) is 0. The summed E-state index contributed by atoms with van der Waals surface area (Å²) in [5, 5.41) is 0. The average Bonchev–Trinajstić information content (AvgIpc) is 2.48. The van der Waals surface area contributed by atoms with E-state index in [4.69, 9.17) is 0 Å². The second kappa shape index (κ2) is 5.85. The highest BCUT2D eigenvalue weighted by Crippen LogP contribution is 2.29. The molecule has 1 amide bonds. The van der Waals surface area contributed by atoms with Crippen LogP contribution in [-0.2, 0) is 6.42 Å². The second-order valence-electron chi connectivity index (χ2n) is 4.81. The maximum absolute atomic E-state index is 12.8. The smallest absolute Gasteiger partial charge is 0.259 e. The fourth-order valence-electron chi connectivity index (χ4n) is 2.55. The first-order valence-electron chi connectivity index (χ1n) is 6.51. The number of hydrogen-bond acceptors (Lipinski definition) is 1. The first kappa shape index (κ1) is 14.1. The van der Waals surface area contributed by atoms with E-state index in [9.17, 15) is 4.79 Å². The number of benzene rings is 2. The van der Waals surface area contributed by atoms with Crippen LogP contribution in [0.1, 0.15) is 22.3 Å². The molecule has 0 saturated heterocycles. The van der Waals surface area contributed by atoms with Crippen LogP contribution < -0.4 is 4.90 Å². The molecule has 2 nitrogen and oxygen atoms in total. The monoisotopic (exact) mass is 441 g/mol. The van der Waals surface area contributed by atoms with E-state index in [0.717, 1.165) is 38.7 Å². The number of aryl methyl sites for hydroxylation is 1. The standard InChI is InChI=1S/C16H13BrINO/c17-12-7-8-14(18)13(10-12)16(20)19-9-3-5-11-4-1-2-6-15(11)19/h1-2,4,6-8,10H,3,5,9H2. The molecule has 1 aliphatic heterocycles. The van der Waals surface area contributed by atoms with Crippen LogP contribution in [0.5, 0.6) is 0 Å². The third-order valence-corrected chi connectivity index (χ3v) is 4.95. The number of carbonyl (C=O) groups is 1. The molecule has 0 aromatic heterocycles. The van der Waals surface area contributed by atoms with Crippen LogP contribution in [0.3, 0.4) is 0 Å². The topological polar surface area (TPSA) is 20.3 Å². The summed E-state index contributed by atoms with van der Waals surface area (Å²) in [6, 6.07) is 14.0. The average molecular weight is 442 g/mol. The Kier molecular flexibility index (Phi) is 4.12. The summed E-state index contributed by atoms with van der Waals surface area (Å²) in [6.07, 6.45) is 2.07.